The van der Waals surface area contributed by atoms with Crippen LogP contribution in [-0.2, 0) is 16.0 Å². The summed E-state index contributed by atoms with van der Waals surface area (Å²) in [7, 11) is 0. The van der Waals surface area contributed by atoms with Crippen LogP contribution in [0.4, 0.5) is 0 Å². The van der Waals surface area contributed by atoms with Gasteiger partial charge in [-0.05, 0) is 30.5 Å². The predicted octanol–water partition coefficient (Wildman–Crippen LogP) is 2.14. The molecule has 0 radical (unpaired) electrons. The second-order valence-electron chi connectivity index (χ2n) is 4.91. The second kappa shape index (κ2) is 6.17. The molecule has 0 atom stereocenters. The lowest BCUT2D eigenvalue weighted by Gasteiger charge is -1.99. The summed E-state index contributed by atoms with van der Waals surface area (Å²) in [6.07, 6.45) is 1.73. The molecule has 5 heteroatoms. The third kappa shape index (κ3) is 3.89. The Bertz CT molecular complexity index is 683. The summed E-state index contributed by atoms with van der Waals surface area (Å²) < 4.78 is 0. The van der Waals surface area contributed by atoms with Crippen molar-refractivity contribution in [1.29, 1.82) is 0 Å². The Morgan fingerprint density at radius 2 is 1.76 bits per heavy atom. The van der Waals surface area contributed by atoms with Crippen LogP contribution in [0.3, 0.4) is 0 Å². The van der Waals surface area contributed by atoms with Crippen LogP contribution in [0.5, 0.6) is 0 Å². The Kier molecular flexibility index (Phi) is 4.33. The van der Waals surface area contributed by atoms with Crippen LogP contribution in [-0.4, -0.2) is 27.6 Å². The lowest BCUT2D eigenvalue weighted by atomic mass is 10.1. The van der Waals surface area contributed by atoms with Gasteiger partial charge in [-0.2, -0.15) is 0 Å². The largest absolute Gasteiger partial charge is 0.475 e. The Labute approximate surface area is 121 Å². The van der Waals surface area contributed by atoms with Crippen LogP contribution in [0.2, 0.25) is 0 Å². The van der Waals surface area contributed by atoms with Crippen molar-refractivity contribution >= 4 is 17.5 Å². The topological polar surface area (TPSA) is 87.2 Å². The van der Waals surface area contributed by atoms with Gasteiger partial charge in [0.15, 0.2) is 5.78 Å². The predicted molar refractivity (Wildman–Crippen MR) is 76.4 cm³/mol. The zero-order chi connectivity index (χ0) is 15.4. The fourth-order valence-corrected chi connectivity index (χ4v) is 1.96. The number of carbonyl (C=O) groups is 3. The van der Waals surface area contributed by atoms with Crippen molar-refractivity contribution in [3.05, 3.63) is 58.9 Å². The Morgan fingerprint density at radius 3 is 2.38 bits per heavy atom. The van der Waals surface area contributed by atoms with Crippen LogP contribution >= 0.6 is 0 Å². The van der Waals surface area contributed by atoms with Crippen molar-refractivity contribution in [2.24, 2.45) is 0 Å². The lowest BCUT2D eigenvalue weighted by Crippen LogP contribution is -2.17. The third-order valence-electron chi connectivity index (χ3n) is 3.13. The zero-order valence-electron chi connectivity index (χ0n) is 11.6. The fourth-order valence-electron chi connectivity index (χ4n) is 1.96. The van der Waals surface area contributed by atoms with Crippen LogP contribution in [0.15, 0.2) is 36.5 Å². The molecule has 0 saturated heterocycles. The van der Waals surface area contributed by atoms with E-state index in [0.717, 1.165) is 11.1 Å². The minimum absolute atomic E-state index is 0.256. The first-order valence-electron chi connectivity index (χ1n) is 6.48. The number of carboxylic acids is 1. The number of ketones is 2. The molecule has 1 aromatic carbocycles. The maximum Gasteiger partial charge on any atom is 0.372 e. The van der Waals surface area contributed by atoms with Crippen LogP contribution < -0.4 is 0 Å². The van der Waals surface area contributed by atoms with E-state index < -0.39 is 24.0 Å². The number of carboxylic acid groups (broad SMARTS) is 1. The highest BCUT2D eigenvalue weighted by Gasteiger charge is 2.18. The number of nitrogens with one attached hydrogen (secondary N) is 1. The molecule has 2 N–H and O–H groups in total. The van der Waals surface area contributed by atoms with E-state index in [1.165, 1.54) is 5.56 Å². The molecule has 0 fully saturated rings. The maximum atomic E-state index is 11.8. The van der Waals surface area contributed by atoms with Crippen LogP contribution in [0.1, 0.15) is 33.6 Å². The molecule has 21 heavy (non-hydrogen) atoms. The number of carbonyl (C=O) groups excluding carboxylic acids is 2. The summed E-state index contributed by atoms with van der Waals surface area (Å²) in [5.41, 5.74) is 3.45. The summed E-state index contributed by atoms with van der Waals surface area (Å²) in [6, 6.07) is 9.70. The minimum Gasteiger partial charge on any atom is -0.475 e. The van der Waals surface area contributed by atoms with E-state index in [1.54, 1.807) is 12.3 Å². The van der Waals surface area contributed by atoms with Crippen molar-refractivity contribution in [2.75, 3.05) is 0 Å². The molecule has 0 spiro atoms. The first-order valence-corrected chi connectivity index (χ1v) is 6.48. The van der Waals surface area contributed by atoms with Gasteiger partial charge >= 0.3 is 5.97 Å². The Balaban J connectivity index is 2.04. The molecule has 0 saturated carbocycles. The molecule has 2 aromatic rings. The van der Waals surface area contributed by atoms with Gasteiger partial charge in [0.1, 0.15) is 0 Å². The molecule has 5 nitrogen and oxygen atoms in total. The van der Waals surface area contributed by atoms with E-state index >= 15 is 0 Å². The summed E-state index contributed by atoms with van der Waals surface area (Å²) in [5.74, 6) is -3.21. The molecule has 0 aliphatic rings. The van der Waals surface area contributed by atoms with E-state index in [4.69, 9.17) is 5.11 Å². The maximum absolute atomic E-state index is 11.8. The van der Waals surface area contributed by atoms with Gasteiger partial charge in [-0.25, -0.2) is 4.79 Å². The number of aryl methyl sites for hydroxylation is 1. The quantitative estimate of drug-likeness (QED) is 0.483. The van der Waals surface area contributed by atoms with E-state index in [0.29, 0.717) is 6.42 Å². The highest BCUT2D eigenvalue weighted by Crippen LogP contribution is 2.13. The molecular weight excluding hydrogens is 270 g/mol. The van der Waals surface area contributed by atoms with E-state index in [1.807, 2.05) is 31.2 Å². The van der Waals surface area contributed by atoms with Gasteiger partial charge in [0.05, 0.1) is 12.1 Å². The van der Waals surface area contributed by atoms with Gasteiger partial charge in [-0.3, -0.25) is 9.59 Å². The van der Waals surface area contributed by atoms with Crippen molar-refractivity contribution in [3.63, 3.8) is 0 Å². The number of benzene rings is 1. The summed E-state index contributed by atoms with van der Waals surface area (Å²) in [6.45, 7) is 2.01. The summed E-state index contributed by atoms with van der Waals surface area (Å²) >= 11 is 0. The molecule has 2 rings (SSSR count). The fraction of sp³-hybridized carbons (Fsp3) is 0.188. The molecule has 0 unspecified atom stereocenters. The number of aliphatic carboxylic acids is 1. The molecule has 0 aliphatic heterocycles. The standard InChI is InChI=1S/C16H15NO4/c1-10-2-4-11(5-3-10)6-12-7-13(17-9-12)14(18)8-15(19)16(20)21/h2-5,7,9,17H,6,8H2,1H3,(H,20,21). The number of Topliss-reactive ketones (excluding diaryl/α,β-unsaturated/α-hetero) is 2. The van der Waals surface area contributed by atoms with Gasteiger partial charge in [-0.1, -0.05) is 29.8 Å². The second-order valence-corrected chi connectivity index (χ2v) is 4.91. The number of aromatic amines is 1. The Morgan fingerprint density at radius 1 is 1.10 bits per heavy atom. The molecule has 0 aliphatic carbocycles. The third-order valence-corrected chi connectivity index (χ3v) is 3.13. The van der Waals surface area contributed by atoms with E-state index in [2.05, 4.69) is 4.98 Å². The monoisotopic (exact) mass is 285 g/mol. The normalized spacial score (nSPS) is 10.3. The summed E-state index contributed by atoms with van der Waals surface area (Å²) in [5, 5.41) is 8.49. The number of aromatic nitrogens is 1. The highest BCUT2D eigenvalue weighted by molar-refractivity contribution is 6.37. The van der Waals surface area contributed by atoms with Gasteiger partial charge in [0, 0.05) is 6.20 Å². The SMILES string of the molecule is Cc1ccc(Cc2c[nH]c(C(=O)CC(=O)C(=O)O)c2)cc1. The number of hydrogen-bond acceptors (Lipinski definition) is 3. The number of rotatable bonds is 6. The number of H-pyrrole nitrogens is 1. The summed E-state index contributed by atoms with van der Waals surface area (Å²) in [4.78, 5) is 36.0. The van der Waals surface area contributed by atoms with Crippen molar-refractivity contribution in [3.8, 4) is 0 Å². The minimum atomic E-state index is -1.59. The van der Waals surface area contributed by atoms with E-state index in [9.17, 15) is 14.4 Å². The molecular formula is C16H15NO4. The van der Waals surface area contributed by atoms with Crippen LogP contribution in [0.25, 0.3) is 0 Å². The van der Waals surface area contributed by atoms with Crippen molar-refractivity contribution in [1.82, 2.24) is 4.98 Å². The number of hydrogen-bond donors (Lipinski definition) is 2. The van der Waals surface area contributed by atoms with Crippen molar-refractivity contribution < 1.29 is 19.5 Å². The zero-order valence-corrected chi connectivity index (χ0v) is 11.6. The van der Waals surface area contributed by atoms with E-state index in [-0.39, 0.29) is 5.69 Å². The first-order chi connectivity index (χ1) is 9.95. The van der Waals surface area contributed by atoms with Gasteiger partial charge in [0.2, 0.25) is 5.78 Å². The molecule has 108 valence electrons. The van der Waals surface area contributed by atoms with Gasteiger partial charge < -0.3 is 10.1 Å². The molecule has 0 bridgehead atoms. The molecule has 1 heterocycles. The highest BCUT2D eigenvalue weighted by atomic mass is 16.4. The average Bonchev–Trinajstić information content (AvgIpc) is 2.90. The van der Waals surface area contributed by atoms with Gasteiger partial charge in [-0.15, -0.1) is 0 Å². The van der Waals surface area contributed by atoms with Crippen LogP contribution in [0, 0.1) is 6.92 Å². The average molecular weight is 285 g/mol. The first kappa shape index (κ1) is 14.7. The molecule has 1 aromatic heterocycles. The smallest absolute Gasteiger partial charge is 0.372 e. The van der Waals surface area contributed by atoms with Crippen molar-refractivity contribution in [2.45, 2.75) is 19.8 Å². The Hall–Kier alpha value is -2.69. The molecule has 0 amide bonds. The van der Waals surface area contributed by atoms with Gasteiger partial charge in [0.25, 0.3) is 0 Å². The lowest BCUT2D eigenvalue weighted by molar-refractivity contribution is -0.148.